The van der Waals surface area contributed by atoms with Crippen molar-refractivity contribution in [2.24, 2.45) is 17.6 Å². The molecule has 0 bridgehead atoms. The van der Waals surface area contributed by atoms with E-state index in [9.17, 15) is 0 Å². The van der Waals surface area contributed by atoms with Gasteiger partial charge in [-0.3, -0.25) is 0 Å². The van der Waals surface area contributed by atoms with Crippen molar-refractivity contribution < 1.29 is 0 Å². The van der Waals surface area contributed by atoms with Crippen molar-refractivity contribution in [3.05, 3.63) is 0 Å². The molecule has 0 aromatic rings. The van der Waals surface area contributed by atoms with Gasteiger partial charge in [0.25, 0.3) is 0 Å². The van der Waals surface area contributed by atoms with E-state index < -0.39 is 0 Å². The summed E-state index contributed by atoms with van der Waals surface area (Å²) in [6, 6.07) is 0. The summed E-state index contributed by atoms with van der Waals surface area (Å²) in [4.78, 5) is 5.14. The molecule has 3 aliphatic heterocycles. The number of rotatable bonds is 2. The van der Waals surface area contributed by atoms with Crippen LogP contribution in [0.15, 0.2) is 0 Å². The second-order valence-corrected chi connectivity index (χ2v) is 6.82. The van der Waals surface area contributed by atoms with E-state index in [2.05, 4.69) is 22.2 Å². The van der Waals surface area contributed by atoms with Crippen molar-refractivity contribution in [3.63, 3.8) is 0 Å². The van der Waals surface area contributed by atoms with Crippen LogP contribution in [0.4, 0.5) is 0 Å². The average molecular weight is 252 g/mol. The Bertz CT molecular complexity index is 288. The molecule has 0 radical (unpaired) electrons. The molecule has 0 aromatic heterocycles. The number of likely N-dealkylation sites (tertiary alicyclic amines) is 2. The Morgan fingerprint density at radius 3 is 2.83 bits per heavy atom. The molecule has 0 spiro atoms. The molecule has 3 aliphatic rings. The number of piperidine rings is 2. The van der Waals surface area contributed by atoms with Crippen molar-refractivity contribution in [2.75, 3.05) is 52.9 Å². The van der Waals surface area contributed by atoms with Crippen LogP contribution >= 0.6 is 0 Å². The number of nitrogens with two attached hydrogens (primary N) is 1. The highest BCUT2D eigenvalue weighted by Gasteiger charge is 2.43. The van der Waals surface area contributed by atoms with E-state index in [0.29, 0.717) is 5.92 Å². The number of hydrogen-bond donors (Lipinski definition) is 2. The number of fused-ring (bicyclic) bond motifs is 1. The third kappa shape index (κ3) is 2.57. The van der Waals surface area contributed by atoms with Crippen molar-refractivity contribution >= 4 is 0 Å². The fraction of sp³-hybridized carbons (Fsp3) is 1.00. The molecule has 0 amide bonds. The maximum Gasteiger partial charge on any atom is 0.0346 e. The van der Waals surface area contributed by atoms with E-state index in [1.807, 2.05) is 0 Å². The third-order valence-corrected chi connectivity index (χ3v) is 5.38. The molecule has 3 heterocycles. The molecule has 104 valence electrons. The molecule has 18 heavy (non-hydrogen) atoms. The van der Waals surface area contributed by atoms with E-state index in [1.165, 1.54) is 52.0 Å². The van der Waals surface area contributed by atoms with E-state index in [0.717, 1.165) is 19.0 Å². The molecule has 4 heteroatoms. The van der Waals surface area contributed by atoms with Gasteiger partial charge in [0.05, 0.1) is 0 Å². The molecule has 0 aromatic carbocycles. The van der Waals surface area contributed by atoms with E-state index in [4.69, 9.17) is 5.73 Å². The fourth-order valence-corrected chi connectivity index (χ4v) is 3.91. The number of nitrogens with zero attached hydrogens (tertiary/aromatic N) is 2. The Labute approximate surface area is 111 Å². The van der Waals surface area contributed by atoms with Gasteiger partial charge in [0.15, 0.2) is 0 Å². The lowest BCUT2D eigenvalue weighted by Crippen LogP contribution is -2.57. The Kier molecular flexibility index (Phi) is 3.63. The quantitative estimate of drug-likeness (QED) is 0.723. The first-order chi connectivity index (χ1) is 8.66. The van der Waals surface area contributed by atoms with Crippen LogP contribution in [0.5, 0.6) is 0 Å². The first-order valence-corrected chi connectivity index (χ1v) is 7.56. The first-order valence-electron chi connectivity index (χ1n) is 7.56. The van der Waals surface area contributed by atoms with Gasteiger partial charge in [-0.1, -0.05) is 0 Å². The fourth-order valence-electron chi connectivity index (χ4n) is 3.91. The van der Waals surface area contributed by atoms with Gasteiger partial charge in [-0.25, -0.2) is 0 Å². The molecule has 0 saturated carbocycles. The zero-order valence-electron chi connectivity index (χ0n) is 11.7. The van der Waals surface area contributed by atoms with Gasteiger partial charge >= 0.3 is 0 Å². The highest BCUT2D eigenvalue weighted by molar-refractivity contribution is 5.04. The maximum absolute atomic E-state index is 6.48. The van der Waals surface area contributed by atoms with Gasteiger partial charge in [-0.05, 0) is 51.9 Å². The smallest absolute Gasteiger partial charge is 0.0346 e. The molecule has 3 N–H and O–H groups in total. The lowest BCUT2D eigenvalue weighted by atomic mass is 9.81. The summed E-state index contributed by atoms with van der Waals surface area (Å²) in [5.41, 5.74) is 6.58. The van der Waals surface area contributed by atoms with Crippen LogP contribution in [0, 0.1) is 11.8 Å². The second kappa shape index (κ2) is 5.08. The largest absolute Gasteiger partial charge is 0.324 e. The van der Waals surface area contributed by atoms with E-state index in [-0.39, 0.29) is 5.54 Å². The van der Waals surface area contributed by atoms with Gasteiger partial charge < -0.3 is 20.9 Å². The monoisotopic (exact) mass is 252 g/mol. The standard InChI is InChI=1S/C14H28N4/c1-17-5-2-12(3-6-17)9-18-7-4-14(15)11-16-8-13(14)10-18/h12-13,16H,2-11,15H2,1H3. The zero-order valence-corrected chi connectivity index (χ0v) is 11.7. The summed E-state index contributed by atoms with van der Waals surface area (Å²) >= 11 is 0. The first kappa shape index (κ1) is 12.9. The summed E-state index contributed by atoms with van der Waals surface area (Å²) in [7, 11) is 2.24. The summed E-state index contributed by atoms with van der Waals surface area (Å²) in [6.45, 7) is 8.45. The number of nitrogens with one attached hydrogen (secondary N) is 1. The van der Waals surface area contributed by atoms with Gasteiger partial charge in [0.2, 0.25) is 0 Å². The van der Waals surface area contributed by atoms with Gasteiger partial charge in [0, 0.05) is 37.6 Å². The topological polar surface area (TPSA) is 44.5 Å². The Morgan fingerprint density at radius 1 is 1.28 bits per heavy atom. The minimum atomic E-state index is 0.100. The van der Waals surface area contributed by atoms with E-state index >= 15 is 0 Å². The molecular weight excluding hydrogens is 224 g/mol. The molecule has 3 rings (SSSR count). The summed E-state index contributed by atoms with van der Waals surface area (Å²) in [5, 5.41) is 3.48. The minimum Gasteiger partial charge on any atom is -0.324 e. The normalized spacial score (nSPS) is 40.0. The van der Waals surface area contributed by atoms with Gasteiger partial charge in [-0.2, -0.15) is 0 Å². The van der Waals surface area contributed by atoms with Crippen LogP contribution < -0.4 is 11.1 Å². The SMILES string of the molecule is CN1CCC(CN2CCC3(N)CNCC3C2)CC1. The zero-order chi connectivity index (χ0) is 12.6. The van der Waals surface area contributed by atoms with Gasteiger partial charge in [0.1, 0.15) is 0 Å². The summed E-state index contributed by atoms with van der Waals surface area (Å²) in [5.74, 6) is 1.60. The van der Waals surface area contributed by atoms with Crippen molar-refractivity contribution in [1.82, 2.24) is 15.1 Å². The molecule has 3 fully saturated rings. The van der Waals surface area contributed by atoms with E-state index in [1.54, 1.807) is 0 Å². The lowest BCUT2D eigenvalue weighted by molar-refractivity contribution is 0.0931. The predicted octanol–water partition coefficient (Wildman–Crippen LogP) is -0.0492. The van der Waals surface area contributed by atoms with Crippen LogP contribution in [-0.4, -0.2) is 68.2 Å². The molecule has 3 saturated heterocycles. The van der Waals surface area contributed by atoms with Crippen LogP contribution in [0.25, 0.3) is 0 Å². The Morgan fingerprint density at radius 2 is 2.06 bits per heavy atom. The molecule has 2 unspecified atom stereocenters. The number of hydrogen-bond acceptors (Lipinski definition) is 4. The maximum atomic E-state index is 6.48. The minimum absolute atomic E-state index is 0.100. The van der Waals surface area contributed by atoms with Crippen LogP contribution in [0.3, 0.4) is 0 Å². The Hall–Kier alpha value is -0.160. The van der Waals surface area contributed by atoms with Crippen molar-refractivity contribution in [1.29, 1.82) is 0 Å². The summed E-state index contributed by atoms with van der Waals surface area (Å²) in [6.07, 6.45) is 3.94. The molecule has 0 aliphatic carbocycles. The van der Waals surface area contributed by atoms with Crippen LogP contribution in [0.2, 0.25) is 0 Å². The van der Waals surface area contributed by atoms with Crippen LogP contribution in [-0.2, 0) is 0 Å². The predicted molar refractivity (Wildman–Crippen MR) is 74.6 cm³/mol. The highest BCUT2D eigenvalue weighted by Crippen LogP contribution is 2.30. The van der Waals surface area contributed by atoms with Crippen molar-refractivity contribution in [2.45, 2.75) is 24.8 Å². The molecule has 4 nitrogen and oxygen atoms in total. The Balaban J connectivity index is 1.50. The average Bonchev–Trinajstić information content (AvgIpc) is 2.73. The highest BCUT2D eigenvalue weighted by atomic mass is 15.2. The van der Waals surface area contributed by atoms with Gasteiger partial charge in [-0.15, -0.1) is 0 Å². The summed E-state index contributed by atoms with van der Waals surface area (Å²) < 4.78 is 0. The third-order valence-electron chi connectivity index (χ3n) is 5.38. The molecular formula is C14H28N4. The van der Waals surface area contributed by atoms with Crippen molar-refractivity contribution in [3.8, 4) is 0 Å². The second-order valence-electron chi connectivity index (χ2n) is 6.82. The molecule has 2 atom stereocenters. The lowest BCUT2D eigenvalue weighted by Gasteiger charge is -2.43. The van der Waals surface area contributed by atoms with Crippen LogP contribution in [0.1, 0.15) is 19.3 Å².